The zero-order chi connectivity index (χ0) is 18.7. The minimum absolute atomic E-state index is 0.317. The Bertz CT molecular complexity index is 916. The number of hydrogen-bond acceptors (Lipinski definition) is 5. The first-order chi connectivity index (χ1) is 12.4. The fourth-order valence-corrected chi connectivity index (χ4v) is 3.76. The Labute approximate surface area is 158 Å². The number of thioether (sulfide) groups is 1. The van der Waals surface area contributed by atoms with Gasteiger partial charge < -0.3 is 0 Å². The highest BCUT2D eigenvalue weighted by Gasteiger charge is 2.23. The third-order valence-electron chi connectivity index (χ3n) is 3.68. The summed E-state index contributed by atoms with van der Waals surface area (Å²) in [6.07, 6.45) is 0. The Kier molecular flexibility index (Phi) is 5.53. The van der Waals surface area contributed by atoms with E-state index in [-0.39, 0.29) is 6.54 Å². The number of hydrogen-bond donors (Lipinski definition) is 0. The number of aryl methyl sites for hydroxylation is 1. The molecule has 0 aliphatic heterocycles. The van der Waals surface area contributed by atoms with Gasteiger partial charge in [0.25, 0.3) is 0 Å². The van der Waals surface area contributed by atoms with Gasteiger partial charge in [0.1, 0.15) is 16.9 Å². The van der Waals surface area contributed by atoms with E-state index in [1.807, 2.05) is 12.1 Å². The van der Waals surface area contributed by atoms with Crippen LogP contribution < -0.4 is 0 Å². The van der Waals surface area contributed by atoms with Gasteiger partial charge in [-0.05, 0) is 48.9 Å². The molecule has 0 aliphatic rings. The van der Waals surface area contributed by atoms with Crippen LogP contribution >= 0.6 is 23.4 Å². The normalized spacial score (nSPS) is 12.1. The van der Waals surface area contributed by atoms with Crippen LogP contribution in [-0.2, 0) is 0 Å². The van der Waals surface area contributed by atoms with E-state index in [4.69, 9.17) is 11.6 Å². The van der Waals surface area contributed by atoms with Crippen LogP contribution in [0.1, 0.15) is 16.6 Å². The predicted molar refractivity (Wildman–Crippen MR) is 98.0 cm³/mol. The highest BCUT2D eigenvalue weighted by molar-refractivity contribution is 7.99. The van der Waals surface area contributed by atoms with Crippen LogP contribution in [0.25, 0.3) is 5.69 Å². The first-order valence-corrected chi connectivity index (χ1v) is 8.91. The lowest BCUT2D eigenvalue weighted by atomic mass is 10.1. The molecule has 6 nitrogen and oxygen atoms in total. The highest BCUT2D eigenvalue weighted by Crippen LogP contribution is 2.36. The quantitative estimate of drug-likeness (QED) is 0.351. The van der Waals surface area contributed by atoms with E-state index < -0.39 is 16.0 Å². The third kappa shape index (κ3) is 4.20. The topological polar surface area (TPSA) is 73.8 Å². The van der Waals surface area contributed by atoms with Crippen LogP contribution in [0.4, 0.5) is 4.39 Å². The van der Waals surface area contributed by atoms with Crippen LogP contribution in [-0.4, -0.2) is 26.2 Å². The second-order valence-electron chi connectivity index (χ2n) is 5.51. The van der Waals surface area contributed by atoms with Crippen molar-refractivity contribution in [2.45, 2.75) is 17.3 Å². The van der Waals surface area contributed by atoms with Crippen LogP contribution in [0.15, 0.2) is 53.7 Å². The van der Waals surface area contributed by atoms with Crippen LogP contribution in [0.3, 0.4) is 0 Å². The number of nitrogens with zero attached hydrogens (tertiary/aromatic N) is 4. The molecule has 0 radical (unpaired) electrons. The van der Waals surface area contributed by atoms with Crippen LogP contribution in [0.2, 0.25) is 5.02 Å². The smallest absolute Gasteiger partial charge is 0.220 e. The summed E-state index contributed by atoms with van der Waals surface area (Å²) < 4.78 is 15.0. The van der Waals surface area contributed by atoms with E-state index in [9.17, 15) is 14.5 Å². The second kappa shape index (κ2) is 7.84. The molecule has 1 heterocycles. The molecule has 26 heavy (non-hydrogen) atoms. The average Bonchev–Trinajstić information content (AvgIpc) is 2.96. The third-order valence-corrected chi connectivity index (χ3v) is 5.12. The lowest BCUT2D eigenvalue weighted by Crippen LogP contribution is -2.11. The Balaban J connectivity index is 1.95. The second-order valence-corrected chi connectivity index (χ2v) is 7.12. The van der Waals surface area contributed by atoms with Gasteiger partial charge in [0.15, 0.2) is 5.16 Å². The zero-order valence-electron chi connectivity index (χ0n) is 13.7. The van der Waals surface area contributed by atoms with Crippen LogP contribution in [0, 0.1) is 22.9 Å². The van der Waals surface area contributed by atoms with Crippen molar-refractivity contribution in [1.29, 1.82) is 0 Å². The van der Waals surface area contributed by atoms with Crippen molar-refractivity contribution in [2.24, 2.45) is 0 Å². The molecule has 134 valence electrons. The van der Waals surface area contributed by atoms with E-state index in [1.165, 1.54) is 23.9 Å². The molecule has 0 spiro atoms. The first kappa shape index (κ1) is 18.3. The molecule has 0 fully saturated rings. The zero-order valence-corrected chi connectivity index (χ0v) is 15.2. The van der Waals surface area contributed by atoms with Gasteiger partial charge in [0.2, 0.25) is 6.54 Å². The summed E-state index contributed by atoms with van der Waals surface area (Å²) in [7, 11) is 0. The van der Waals surface area contributed by atoms with Crippen molar-refractivity contribution in [3.63, 3.8) is 0 Å². The van der Waals surface area contributed by atoms with Gasteiger partial charge in [-0.15, -0.1) is 10.2 Å². The molecule has 0 unspecified atom stereocenters. The Hall–Kier alpha value is -2.45. The summed E-state index contributed by atoms with van der Waals surface area (Å²) in [5.74, 6) is 0.257. The van der Waals surface area contributed by atoms with Gasteiger partial charge in [-0.2, -0.15) is 0 Å². The Morgan fingerprint density at radius 2 is 1.85 bits per heavy atom. The van der Waals surface area contributed by atoms with Gasteiger partial charge in [-0.3, -0.25) is 14.7 Å². The molecule has 0 saturated carbocycles. The number of aromatic nitrogens is 3. The van der Waals surface area contributed by atoms with Gasteiger partial charge in [0.05, 0.1) is 0 Å². The minimum atomic E-state index is -0.528. The lowest BCUT2D eigenvalue weighted by Gasteiger charge is -2.14. The summed E-state index contributed by atoms with van der Waals surface area (Å²) >= 11 is 7.15. The van der Waals surface area contributed by atoms with Crippen molar-refractivity contribution in [3.8, 4) is 5.69 Å². The van der Waals surface area contributed by atoms with Gasteiger partial charge in [-0.1, -0.05) is 35.5 Å². The fourth-order valence-electron chi connectivity index (χ4n) is 2.46. The molecule has 1 atom stereocenters. The predicted octanol–water partition coefficient (Wildman–Crippen LogP) is 4.48. The molecule has 0 N–H and O–H groups in total. The van der Waals surface area contributed by atoms with E-state index in [0.29, 0.717) is 21.6 Å². The van der Waals surface area contributed by atoms with Gasteiger partial charge >= 0.3 is 0 Å². The molecule has 9 heteroatoms. The maximum absolute atomic E-state index is 13.2. The van der Waals surface area contributed by atoms with Crippen molar-refractivity contribution >= 4 is 23.4 Å². The highest BCUT2D eigenvalue weighted by atomic mass is 35.5. The van der Waals surface area contributed by atoms with Crippen molar-refractivity contribution in [1.82, 2.24) is 14.8 Å². The molecular formula is C17H14ClFN4O2S. The van der Waals surface area contributed by atoms with Crippen molar-refractivity contribution < 1.29 is 9.31 Å². The van der Waals surface area contributed by atoms with Crippen molar-refractivity contribution in [2.75, 3.05) is 6.54 Å². The lowest BCUT2D eigenvalue weighted by molar-refractivity contribution is -0.479. The molecule has 2 aromatic carbocycles. The molecule has 3 aromatic rings. The number of nitro groups is 1. The molecule has 3 rings (SSSR count). The van der Waals surface area contributed by atoms with Gasteiger partial charge in [-0.25, -0.2) is 4.39 Å². The summed E-state index contributed by atoms with van der Waals surface area (Å²) in [4.78, 5) is 10.7. The van der Waals surface area contributed by atoms with E-state index in [1.54, 1.807) is 35.8 Å². The summed E-state index contributed by atoms with van der Waals surface area (Å²) in [6, 6.07) is 12.8. The summed E-state index contributed by atoms with van der Waals surface area (Å²) in [5, 5.41) is 19.9. The SMILES string of the molecule is Cc1nnc(S[C@@H](C[N+](=O)[O-])c2ccc(F)cc2)n1-c1ccc(Cl)cc1. The average molecular weight is 393 g/mol. The number of benzene rings is 2. The van der Waals surface area contributed by atoms with Gasteiger partial charge in [0, 0.05) is 15.6 Å². The van der Waals surface area contributed by atoms with Crippen LogP contribution in [0.5, 0.6) is 0 Å². The molecular weight excluding hydrogens is 379 g/mol. The molecule has 0 bridgehead atoms. The summed E-state index contributed by atoms with van der Waals surface area (Å²) in [5.41, 5.74) is 1.45. The van der Waals surface area contributed by atoms with E-state index in [2.05, 4.69) is 10.2 Å². The fraction of sp³-hybridized carbons (Fsp3) is 0.176. The maximum Gasteiger partial charge on any atom is 0.220 e. The Morgan fingerprint density at radius 1 is 1.19 bits per heavy atom. The largest absolute Gasteiger partial charge is 0.274 e. The first-order valence-electron chi connectivity index (χ1n) is 7.66. The molecule has 0 saturated heterocycles. The maximum atomic E-state index is 13.2. The van der Waals surface area contributed by atoms with Crippen molar-refractivity contribution in [3.05, 3.63) is 80.9 Å². The standard InChI is InChI=1S/C17H14ClFN4O2S/c1-11-20-21-17(23(11)15-8-4-13(18)5-9-15)26-16(10-22(24)25)12-2-6-14(19)7-3-12/h2-9,16H,10H2,1H3/t16-/m0/s1. The summed E-state index contributed by atoms with van der Waals surface area (Å²) in [6.45, 7) is 1.48. The number of rotatable bonds is 6. The number of halogens is 2. The molecule has 1 aromatic heterocycles. The molecule has 0 aliphatic carbocycles. The molecule has 0 amide bonds. The monoisotopic (exact) mass is 392 g/mol. The Morgan fingerprint density at radius 3 is 2.46 bits per heavy atom. The van der Waals surface area contributed by atoms with E-state index >= 15 is 0 Å². The van der Waals surface area contributed by atoms with E-state index in [0.717, 1.165) is 5.69 Å². The minimum Gasteiger partial charge on any atom is -0.274 e.